The van der Waals surface area contributed by atoms with Gasteiger partial charge in [0.1, 0.15) is 0 Å². The van der Waals surface area contributed by atoms with E-state index in [1.807, 2.05) is 61.7 Å². The number of fused-ring (bicyclic) bond motifs is 20. The molecule has 0 atom stereocenters. The predicted molar refractivity (Wildman–Crippen MR) is 156 cm³/mol. The van der Waals surface area contributed by atoms with Crippen molar-refractivity contribution in [1.29, 1.82) is 0 Å². The highest BCUT2D eigenvalue weighted by molar-refractivity contribution is 5.97. The van der Waals surface area contributed by atoms with Crippen molar-refractivity contribution >= 4 is 56.6 Å². The molecule has 9 heterocycles. The zero-order valence-electron chi connectivity index (χ0n) is 21.0. The predicted octanol–water partition coefficient (Wildman–Crippen LogP) is 2.77. The zero-order valence-corrected chi connectivity index (χ0v) is 21.0. The van der Waals surface area contributed by atoms with Crippen LogP contribution < -0.4 is 21.4 Å². The summed E-state index contributed by atoms with van der Waals surface area (Å²) in [5.41, 5.74) is 5.86. The molecule has 4 N–H and O–H groups in total. The maximum atomic E-state index is 5.11. The largest absolute Gasteiger partial charge is 0.367 e. The molecule has 0 spiro atoms. The minimum Gasteiger partial charge on any atom is -0.367 e. The van der Waals surface area contributed by atoms with Crippen LogP contribution in [0.15, 0.2) is 73.8 Å². The van der Waals surface area contributed by atoms with E-state index < -0.39 is 0 Å². The molecule has 3 aliphatic rings. The summed E-state index contributed by atoms with van der Waals surface area (Å²) < 4.78 is 0. The van der Waals surface area contributed by atoms with E-state index >= 15 is 0 Å². The minimum absolute atomic E-state index is 0.884. The number of nitrogens with zero attached hydrogens (tertiary/aromatic N) is 4. The Hall–Kier alpha value is -5.76. The molecule has 0 aromatic carbocycles. The fourth-order valence-electron chi connectivity index (χ4n) is 5.95. The molecule has 8 heteroatoms. The van der Waals surface area contributed by atoms with Gasteiger partial charge in [-0.05, 0) is 48.6 Å². The van der Waals surface area contributed by atoms with E-state index in [1.54, 1.807) is 0 Å². The molecule has 0 aliphatic carbocycles. The summed E-state index contributed by atoms with van der Waals surface area (Å²) in [5.74, 6) is 0. The van der Waals surface area contributed by atoms with Crippen LogP contribution in [-0.4, -0.2) is 39.9 Å². The van der Waals surface area contributed by atoms with Crippen LogP contribution in [0.25, 0.3) is 67.7 Å². The molecule has 6 aromatic heterocycles. The molecule has 0 saturated carbocycles. The first kappa shape index (κ1) is 21.2. The van der Waals surface area contributed by atoms with Crippen molar-refractivity contribution in [3.63, 3.8) is 0 Å². The lowest BCUT2D eigenvalue weighted by Gasteiger charge is -1.98. The van der Waals surface area contributed by atoms with E-state index in [0.29, 0.717) is 0 Å². The number of hydrogen-bond donors (Lipinski definition) is 4. The quantitative estimate of drug-likeness (QED) is 0.248. The van der Waals surface area contributed by atoms with Crippen molar-refractivity contribution < 1.29 is 0 Å². The second-order valence-corrected chi connectivity index (χ2v) is 10.1. The highest BCUT2D eigenvalue weighted by Gasteiger charge is 2.17. The molecule has 6 aromatic rings. The zero-order chi connectivity index (χ0) is 26.2. The lowest BCUT2D eigenvalue weighted by Crippen LogP contribution is -2.11. The fourth-order valence-corrected chi connectivity index (χ4v) is 5.95. The Labute approximate surface area is 225 Å². The summed E-state index contributed by atoms with van der Waals surface area (Å²) in [5, 5.41) is 10.3. The Morgan fingerprint density at radius 1 is 0.475 bits per heavy atom. The van der Waals surface area contributed by atoms with Gasteiger partial charge in [0.2, 0.25) is 0 Å². The summed E-state index contributed by atoms with van der Waals surface area (Å²) in [6.45, 7) is 0. The summed E-state index contributed by atoms with van der Waals surface area (Å²) in [4.78, 5) is 32.6. The molecule has 0 unspecified atom stereocenters. The van der Waals surface area contributed by atoms with Crippen LogP contribution >= 0.6 is 0 Å². The van der Waals surface area contributed by atoms with Gasteiger partial charge in [-0.1, -0.05) is 0 Å². The summed E-state index contributed by atoms with van der Waals surface area (Å²) >= 11 is 0. The molecule has 40 heavy (non-hydrogen) atoms. The smallest absolute Gasteiger partial charge is 0.0751 e. The second-order valence-electron chi connectivity index (χ2n) is 10.1. The Bertz CT molecular complexity index is 2330. The molecule has 3 aliphatic heterocycles. The van der Waals surface area contributed by atoms with Gasteiger partial charge in [0.15, 0.2) is 0 Å². The molecule has 9 rings (SSSR count). The fraction of sp³-hybridized carbons (Fsp3) is 0. The minimum atomic E-state index is 0.884. The maximum Gasteiger partial charge on any atom is 0.0751 e. The average molecular weight is 517 g/mol. The van der Waals surface area contributed by atoms with E-state index in [1.165, 1.54) is 0 Å². The van der Waals surface area contributed by atoms with Crippen molar-refractivity contribution in [2.75, 3.05) is 0 Å². The van der Waals surface area contributed by atoms with E-state index in [4.69, 9.17) is 4.98 Å². The third-order valence-electron chi connectivity index (χ3n) is 7.81. The molecular weight excluding hydrogens is 496 g/mol. The number of nitrogens with one attached hydrogen (secondary N) is 4. The molecular formula is C32H20N8. The van der Waals surface area contributed by atoms with Crippen LogP contribution in [-0.2, 0) is 0 Å². The number of aromatic nitrogens is 8. The number of rotatable bonds is 0. The highest BCUT2D eigenvalue weighted by atomic mass is 14.8. The van der Waals surface area contributed by atoms with E-state index in [9.17, 15) is 0 Å². The number of hydrogen-bond acceptors (Lipinski definition) is 4. The number of pyridine rings is 4. The average Bonchev–Trinajstić information content (AvgIpc) is 3.73. The van der Waals surface area contributed by atoms with E-state index in [2.05, 4.69) is 71.3 Å². The van der Waals surface area contributed by atoms with Gasteiger partial charge >= 0.3 is 0 Å². The van der Waals surface area contributed by atoms with Crippen molar-refractivity contribution in [3.8, 4) is 11.1 Å². The summed E-state index contributed by atoms with van der Waals surface area (Å²) in [6.07, 6.45) is 23.7. The molecule has 0 radical (unpaired) electrons. The normalized spacial score (nSPS) is 12.8. The molecule has 188 valence electrons. The molecule has 0 fully saturated rings. The van der Waals surface area contributed by atoms with Crippen LogP contribution in [0.2, 0.25) is 0 Å². The van der Waals surface area contributed by atoms with Crippen molar-refractivity contribution in [2.45, 2.75) is 0 Å². The van der Waals surface area contributed by atoms with Gasteiger partial charge in [-0.3, -0.25) is 15.0 Å². The molecule has 0 saturated heterocycles. The lowest BCUT2D eigenvalue weighted by molar-refractivity contribution is 1.24. The summed E-state index contributed by atoms with van der Waals surface area (Å²) in [6, 6.07) is 8.22. The standard InChI is InChI=1S/C32H20N8/c1-5-33-13-21-17(1)25-9-26-18-2-6-35-15-23(18)31(38-26)12-32-24-16-36-8-4-20(24)28(40-32)11-30-22-14-34-7-3-19(22)27(39-30)10-29(21)37-25/h1-16,34,37-38,40H. The SMILES string of the molecule is C1=c2[nH]c(c3cnccc23)=Cc2[nH]c(c3ccncc23)C=c2[nH]c(c3cnccc23)=Cc2nc1c1c[nH]ccc2-1. The van der Waals surface area contributed by atoms with Crippen LogP contribution in [0.5, 0.6) is 0 Å². The van der Waals surface area contributed by atoms with Crippen LogP contribution in [0, 0.1) is 0 Å². The van der Waals surface area contributed by atoms with E-state index in [-0.39, 0.29) is 0 Å². The van der Waals surface area contributed by atoms with Gasteiger partial charge in [-0.25, -0.2) is 4.98 Å². The second kappa shape index (κ2) is 7.87. The monoisotopic (exact) mass is 516 g/mol. The Balaban J connectivity index is 1.50. The van der Waals surface area contributed by atoms with Crippen molar-refractivity contribution in [3.05, 3.63) is 118 Å². The topological polar surface area (TPSA) is 115 Å². The maximum absolute atomic E-state index is 5.11. The number of H-pyrrole nitrogens is 4. The van der Waals surface area contributed by atoms with Crippen molar-refractivity contribution in [2.24, 2.45) is 0 Å². The van der Waals surface area contributed by atoms with Gasteiger partial charge in [0.05, 0.1) is 27.8 Å². The Morgan fingerprint density at radius 3 is 1.75 bits per heavy atom. The first-order chi connectivity index (χ1) is 19.8. The van der Waals surface area contributed by atoms with Gasteiger partial charge in [-0.2, -0.15) is 0 Å². The lowest BCUT2D eigenvalue weighted by atomic mass is 10.1. The summed E-state index contributed by atoms with van der Waals surface area (Å²) in [7, 11) is 0. The highest BCUT2D eigenvalue weighted by Crippen LogP contribution is 2.30. The molecule has 0 amide bonds. The van der Waals surface area contributed by atoms with Crippen LogP contribution in [0.4, 0.5) is 0 Å². The Kier molecular flexibility index (Phi) is 4.17. The third-order valence-corrected chi connectivity index (χ3v) is 7.81. The van der Waals surface area contributed by atoms with E-state index in [0.717, 1.165) is 87.6 Å². The van der Waals surface area contributed by atoms with Gasteiger partial charge in [0.25, 0.3) is 0 Å². The van der Waals surface area contributed by atoms with Crippen LogP contribution in [0.1, 0.15) is 22.8 Å². The third kappa shape index (κ3) is 3.01. The van der Waals surface area contributed by atoms with Gasteiger partial charge in [0, 0.05) is 109 Å². The Morgan fingerprint density at radius 2 is 1.02 bits per heavy atom. The number of aromatic amines is 4. The first-order valence-corrected chi connectivity index (χ1v) is 13.0. The van der Waals surface area contributed by atoms with Crippen molar-refractivity contribution in [1.82, 2.24) is 39.9 Å². The van der Waals surface area contributed by atoms with Gasteiger partial charge in [-0.15, -0.1) is 0 Å². The van der Waals surface area contributed by atoms with Gasteiger partial charge < -0.3 is 19.9 Å². The molecule has 8 bridgehead atoms. The van der Waals surface area contributed by atoms with Crippen LogP contribution in [0.3, 0.4) is 0 Å². The first-order valence-electron chi connectivity index (χ1n) is 13.0. The molecule has 8 nitrogen and oxygen atoms in total.